The van der Waals surface area contributed by atoms with Crippen LogP contribution in [0.3, 0.4) is 0 Å². The predicted octanol–water partition coefficient (Wildman–Crippen LogP) is 4.49. The lowest BCUT2D eigenvalue weighted by Crippen LogP contribution is -2.56. The van der Waals surface area contributed by atoms with Crippen molar-refractivity contribution >= 4 is 34.1 Å². The number of halogens is 2. The molecule has 2 N–H and O–H groups in total. The van der Waals surface area contributed by atoms with Crippen LogP contribution < -0.4 is 5.32 Å². The molecule has 7 nitrogen and oxygen atoms in total. The number of aliphatic hydroxyl groups excluding tert-OH is 1. The molecule has 9 heteroatoms. The highest BCUT2D eigenvalue weighted by molar-refractivity contribution is 6.32. The third kappa shape index (κ3) is 4.72. The predicted molar refractivity (Wildman–Crippen MR) is 139 cm³/mol. The molecule has 6 rings (SSSR count). The molecule has 4 atom stereocenters. The summed E-state index contributed by atoms with van der Waals surface area (Å²) in [5.41, 5.74) is 1.38. The summed E-state index contributed by atoms with van der Waals surface area (Å²) >= 11 is 6.71. The van der Waals surface area contributed by atoms with Gasteiger partial charge in [0, 0.05) is 40.3 Å². The van der Waals surface area contributed by atoms with Gasteiger partial charge in [-0.15, -0.1) is 0 Å². The zero-order valence-electron chi connectivity index (χ0n) is 20.7. The van der Waals surface area contributed by atoms with Gasteiger partial charge in [0.15, 0.2) is 0 Å². The number of hydrogen-bond acceptors (Lipinski definition) is 6. The van der Waals surface area contributed by atoms with E-state index in [1.165, 1.54) is 18.3 Å². The lowest BCUT2D eigenvalue weighted by molar-refractivity contribution is -0.117. The standard InChI is InChI=1S/C28H30ClFN4O3/c1-28(15-37-14-25(28)35)34-6-3-16(4-7-34)20-8-17-10-26(32-13-18(17)9-23(20)29)33-27(36)22-12-21(22)24-11-19(30)2-5-31-24/h2,5,8-11,13,16,21-22,25,35H,3-4,6-7,12,14-15H2,1H3,(H,32,33,36). The summed E-state index contributed by atoms with van der Waals surface area (Å²) in [6, 6.07) is 8.64. The van der Waals surface area contributed by atoms with E-state index < -0.39 is 6.10 Å². The van der Waals surface area contributed by atoms with E-state index in [1.54, 1.807) is 6.20 Å². The number of rotatable bonds is 5. The maximum absolute atomic E-state index is 13.5. The number of carbonyl (C=O) groups excluding carboxylic acids is 1. The number of fused-ring (bicyclic) bond motifs is 1. The van der Waals surface area contributed by atoms with Crippen molar-refractivity contribution in [1.82, 2.24) is 14.9 Å². The van der Waals surface area contributed by atoms with Crippen LogP contribution in [0.15, 0.2) is 42.7 Å². The van der Waals surface area contributed by atoms with Crippen molar-refractivity contribution in [1.29, 1.82) is 0 Å². The molecule has 2 saturated heterocycles. The molecule has 2 aromatic heterocycles. The number of nitrogens with zero attached hydrogens (tertiary/aromatic N) is 3. The Balaban J connectivity index is 1.14. The molecule has 0 spiro atoms. The molecule has 3 aromatic rings. The molecule has 3 aliphatic rings. The summed E-state index contributed by atoms with van der Waals surface area (Å²) in [5.74, 6) is 0.0350. The van der Waals surface area contributed by atoms with Crippen molar-refractivity contribution in [2.24, 2.45) is 5.92 Å². The van der Waals surface area contributed by atoms with Gasteiger partial charge in [-0.1, -0.05) is 11.6 Å². The Morgan fingerprint density at radius 3 is 2.76 bits per heavy atom. The second-order valence-electron chi connectivity index (χ2n) is 10.8. The molecule has 1 saturated carbocycles. The topological polar surface area (TPSA) is 87.6 Å². The van der Waals surface area contributed by atoms with E-state index in [1.807, 2.05) is 12.1 Å². The number of aliphatic hydroxyl groups is 1. The maximum atomic E-state index is 13.5. The zero-order valence-corrected chi connectivity index (χ0v) is 21.4. The molecule has 0 radical (unpaired) electrons. The summed E-state index contributed by atoms with van der Waals surface area (Å²) in [6.07, 6.45) is 5.23. The van der Waals surface area contributed by atoms with Gasteiger partial charge in [-0.2, -0.15) is 0 Å². The summed E-state index contributed by atoms with van der Waals surface area (Å²) < 4.78 is 19.0. The summed E-state index contributed by atoms with van der Waals surface area (Å²) in [7, 11) is 0. The number of hydrogen-bond donors (Lipinski definition) is 2. The van der Waals surface area contributed by atoms with Crippen LogP contribution in [0.25, 0.3) is 10.8 Å². The number of aromatic nitrogens is 2. The molecule has 2 aliphatic heterocycles. The number of amides is 1. The van der Waals surface area contributed by atoms with E-state index in [0.717, 1.165) is 47.3 Å². The number of benzene rings is 1. The SMILES string of the molecule is CC1(N2CCC(c3cc4cc(NC(=O)C5CC5c5cc(F)ccn5)ncc4cc3Cl)CC2)COCC1O. The monoisotopic (exact) mass is 524 g/mol. The fourth-order valence-corrected chi connectivity index (χ4v) is 6.20. The van der Waals surface area contributed by atoms with Gasteiger partial charge >= 0.3 is 0 Å². The van der Waals surface area contributed by atoms with Crippen LogP contribution in [0, 0.1) is 11.7 Å². The van der Waals surface area contributed by atoms with E-state index in [2.05, 4.69) is 33.2 Å². The van der Waals surface area contributed by atoms with E-state index in [-0.39, 0.29) is 29.1 Å². The molecule has 4 heterocycles. The fourth-order valence-electron chi connectivity index (χ4n) is 5.88. The molecule has 3 fully saturated rings. The van der Waals surface area contributed by atoms with E-state index in [0.29, 0.717) is 37.1 Å². The van der Waals surface area contributed by atoms with E-state index >= 15 is 0 Å². The molecule has 0 bridgehead atoms. The zero-order chi connectivity index (χ0) is 25.7. The van der Waals surface area contributed by atoms with Crippen molar-refractivity contribution in [2.45, 2.75) is 49.7 Å². The van der Waals surface area contributed by atoms with Crippen molar-refractivity contribution in [3.63, 3.8) is 0 Å². The van der Waals surface area contributed by atoms with Crippen LogP contribution in [0.5, 0.6) is 0 Å². The van der Waals surface area contributed by atoms with Gasteiger partial charge in [0.25, 0.3) is 0 Å². The second kappa shape index (κ2) is 9.58. The number of piperidine rings is 1. The number of nitrogens with one attached hydrogen (secondary N) is 1. The first-order valence-electron chi connectivity index (χ1n) is 12.8. The van der Waals surface area contributed by atoms with E-state index in [9.17, 15) is 14.3 Å². The lowest BCUT2D eigenvalue weighted by Gasteiger charge is -2.43. The van der Waals surface area contributed by atoms with Gasteiger partial charge in [-0.25, -0.2) is 9.37 Å². The molecule has 37 heavy (non-hydrogen) atoms. The number of anilines is 1. The Kier molecular flexibility index (Phi) is 6.39. The Labute approximate surface area is 220 Å². The first-order valence-corrected chi connectivity index (χ1v) is 13.2. The minimum Gasteiger partial charge on any atom is -0.389 e. The molecular weight excluding hydrogens is 495 g/mol. The Morgan fingerprint density at radius 1 is 1.22 bits per heavy atom. The number of carbonyl (C=O) groups is 1. The lowest BCUT2D eigenvalue weighted by atomic mass is 9.85. The molecular formula is C28H30ClFN4O3. The van der Waals surface area contributed by atoms with Crippen molar-refractivity contribution < 1.29 is 19.0 Å². The van der Waals surface area contributed by atoms with Gasteiger partial charge in [0.05, 0.1) is 24.9 Å². The van der Waals surface area contributed by atoms with Crippen molar-refractivity contribution in [2.75, 3.05) is 31.6 Å². The molecule has 1 amide bonds. The molecule has 194 valence electrons. The number of likely N-dealkylation sites (tertiary alicyclic amines) is 1. The number of pyridine rings is 2. The van der Waals surface area contributed by atoms with Crippen molar-refractivity contribution in [3.8, 4) is 0 Å². The maximum Gasteiger partial charge on any atom is 0.229 e. The highest BCUT2D eigenvalue weighted by Crippen LogP contribution is 2.47. The average molecular weight is 525 g/mol. The second-order valence-corrected chi connectivity index (χ2v) is 11.2. The van der Waals surface area contributed by atoms with Gasteiger partial charge < -0.3 is 15.2 Å². The third-order valence-electron chi connectivity index (χ3n) is 8.38. The van der Waals surface area contributed by atoms with Crippen LogP contribution in [-0.2, 0) is 9.53 Å². The Morgan fingerprint density at radius 2 is 2.03 bits per heavy atom. The third-order valence-corrected chi connectivity index (χ3v) is 8.71. The van der Waals surface area contributed by atoms with Gasteiger partial charge in [0.2, 0.25) is 5.91 Å². The minimum atomic E-state index is -0.467. The van der Waals surface area contributed by atoms with Crippen LogP contribution in [0.2, 0.25) is 5.02 Å². The highest BCUT2D eigenvalue weighted by Gasteiger charge is 2.46. The quantitative estimate of drug-likeness (QED) is 0.511. The highest BCUT2D eigenvalue weighted by atomic mass is 35.5. The Hall–Kier alpha value is -2.65. The normalized spacial score (nSPS) is 28.5. The largest absolute Gasteiger partial charge is 0.389 e. The van der Waals surface area contributed by atoms with Gasteiger partial charge in [-0.05, 0) is 86.5 Å². The van der Waals surface area contributed by atoms with Crippen molar-refractivity contribution in [3.05, 3.63) is 64.8 Å². The first kappa shape index (κ1) is 24.7. The molecule has 1 aromatic carbocycles. The summed E-state index contributed by atoms with van der Waals surface area (Å²) in [6.45, 7) is 4.77. The summed E-state index contributed by atoms with van der Waals surface area (Å²) in [4.78, 5) is 23.8. The van der Waals surface area contributed by atoms with Crippen LogP contribution in [0.1, 0.15) is 49.3 Å². The Bertz CT molecular complexity index is 1350. The van der Waals surface area contributed by atoms with E-state index in [4.69, 9.17) is 16.3 Å². The minimum absolute atomic E-state index is 0.0633. The number of ether oxygens (including phenoxy) is 1. The van der Waals surface area contributed by atoms with Crippen LogP contribution in [-0.4, -0.2) is 63.8 Å². The summed E-state index contributed by atoms with van der Waals surface area (Å²) in [5, 5.41) is 15.9. The fraction of sp³-hybridized carbons (Fsp3) is 0.464. The van der Waals surface area contributed by atoms with Gasteiger partial charge in [0.1, 0.15) is 11.6 Å². The first-order chi connectivity index (χ1) is 17.8. The molecule has 1 aliphatic carbocycles. The molecule has 4 unspecified atom stereocenters. The average Bonchev–Trinajstić information content (AvgIpc) is 3.63. The van der Waals surface area contributed by atoms with Crippen LogP contribution >= 0.6 is 11.6 Å². The van der Waals surface area contributed by atoms with Gasteiger partial charge in [-0.3, -0.25) is 14.7 Å². The van der Waals surface area contributed by atoms with Crippen LogP contribution in [0.4, 0.5) is 10.2 Å². The smallest absolute Gasteiger partial charge is 0.229 e.